The highest BCUT2D eigenvalue weighted by Gasteiger charge is 2.49. The average Bonchev–Trinajstić information content (AvgIpc) is 3.65. The molecule has 2 aliphatic heterocycles. The zero-order valence-electron chi connectivity index (χ0n) is 20.3. The molecular formula is C26H27N7O3. The van der Waals surface area contributed by atoms with Gasteiger partial charge >= 0.3 is 0 Å². The van der Waals surface area contributed by atoms with Crippen molar-refractivity contribution in [3.8, 4) is 16.9 Å². The molecule has 0 atom stereocenters. The molecule has 6 rings (SSSR count). The number of likely N-dealkylation sites (tertiary alicyclic amines) is 1. The third-order valence-electron chi connectivity index (χ3n) is 7.68. The van der Waals surface area contributed by atoms with Gasteiger partial charge in [-0.3, -0.25) is 14.7 Å². The van der Waals surface area contributed by atoms with E-state index in [4.69, 9.17) is 4.74 Å². The Morgan fingerprint density at radius 3 is 2.64 bits per heavy atom. The third-order valence-corrected chi connectivity index (χ3v) is 7.68. The van der Waals surface area contributed by atoms with Gasteiger partial charge in [0, 0.05) is 61.3 Å². The Labute approximate surface area is 207 Å². The molecule has 2 aromatic carbocycles. The fourth-order valence-electron chi connectivity index (χ4n) is 5.51. The molecule has 36 heavy (non-hydrogen) atoms. The Morgan fingerprint density at radius 2 is 1.89 bits per heavy atom. The first-order valence-corrected chi connectivity index (χ1v) is 12.1. The molecular weight excluding hydrogens is 458 g/mol. The minimum absolute atomic E-state index is 0.0284. The normalized spacial score (nSPS) is 17.3. The van der Waals surface area contributed by atoms with Gasteiger partial charge in [-0.1, -0.05) is 5.21 Å². The number of piperidine rings is 1. The van der Waals surface area contributed by atoms with Crippen LogP contribution in [0.3, 0.4) is 0 Å². The minimum Gasteiger partial charge on any atom is -0.496 e. The number of amides is 2. The largest absolute Gasteiger partial charge is 0.496 e. The summed E-state index contributed by atoms with van der Waals surface area (Å²) >= 11 is 0. The van der Waals surface area contributed by atoms with Crippen molar-refractivity contribution in [1.29, 1.82) is 0 Å². The number of aromatic amines is 1. The summed E-state index contributed by atoms with van der Waals surface area (Å²) in [6.07, 6.45) is 5.66. The highest BCUT2D eigenvalue weighted by atomic mass is 16.5. The number of anilines is 1. The standard InChI is InChI=1S/C26H27N7O3/c1-31-22-6-3-17(13-21(22)29-30-31)24(34)32-10-7-26(8-11-32)9-12-33(25(26)35)19-4-5-20(23(14-19)36-2)18-15-27-28-16-18/h3-6,13-16H,7-12H2,1-2H3,(H,27,28). The number of benzene rings is 2. The van der Waals surface area contributed by atoms with E-state index in [0.717, 1.165) is 28.8 Å². The first-order chi connectivity index (χ1) is 17.5. The molecule has 2 aromatic heterocycles. The van der Waals surface area contributed by atoms with Crippen LogP contribution in [0.1, 0.15) is 29.6 Å². The summed E-state index contributed by atoms with van der Waals surface area (Å²) in [7, 11) is 3.46. The van der Waals surface area contributed by atoms with Crippen molar-refractivity contribution in [1.82, 2.24) is 30.1 Å². The van der Waals surface area contributed by atoms with Crippen molar-refractivity contribution in [3.63, 3.8) is 0 Å². The molecule has 184 valence electrons. The maximum Gasteiger partial charge on any atom is 0.253 e. The number of carbonyl (C=O) groups excluding carboxylic acids is 2. The van der Waals surface area contributed by atoms with Crippen molar-refractivity contribution < 1.29 is 14.3 Å². The number of aryl methyl sites for hydroxylation is 1. The quantitative estimate of drug-likeness (QED) is 0.476. The van der Waals surface area contributed by atoms with Crippen LogP contribution in [0.2, 0.25) is 0 Å². The molecule has 0 saturated carbocycles. The first-order valence-electron chi connectivity index (χ1n) is 12.1. The summed E-state index contributed by atoms with van der Waals surface area (Å²) < 4.78 is 7.31. The number of rotatable bonds is 4. The molecule has 2 fully saturated rings. The molecule has 0 bridgehead atoms. The van der Waals surface area contributed by atoms with Crippen LogP contribution in [0, 0.1) is 5.41 Å². The van der Waals surface area contributed by atoms with E-state index in [-0.39, 0.29) is 11.8 Å². The Kier molecular flexibility index (Phi) is 5.24. The number of hydrogen-bond donors (Lipinski definition) is 1. The highest BCUT2D eigenvalue weighted by Crippen LogP contribution is 2.44. The van der Waals surface area contributed by atoms with Crippen LogP contribution in [0.5, 0.6) is 5.75 Å². The van der Waals surface area contributed by atoms with Crippen molar-refractivity contribution >= 4 is 28.5 Å². The van der Waals surface area contributed by atoms with E-state index < -0.39 is 5.41 Å². The number of nitrogens with one attached hydrogen (secondary N) is 1. The topological polar surface area (TPSA) is 109 Å². The van der Waals surface area contributed by atoms with Gasteiger partial charge in [0.05, 0.1) is 24.2 Å². The van der Waals surface area contributed by atoms with Crippen molar-refractivity contribution in [3.05, 3.63) is 54.4 Å². The number of aromatic nitrogens is 5. The Morgan fingerprint density at radius 1 is 1.08 bits per heavy atom. The number of nitrogens with zero attached hydrogens (tertiary/aromatic N) is 6. The molecule has 0 aliphatic carbocycles. The molecule has 1 N–H and O–H groups in total. The van der Waals surface area contributed by atoms with Crippen LogP contribution in [0.15, 0.2) is 48.8 Å². The molecule has 1 spiro atoms. The lowest BCUT2D eigenvalue weighted by molar-refractivity contribution is -0.127. The number of fused-ring (bicyclic) bond motifs is 1. The Balaban J connectivity index is 1.16. The van der Waals surface area contributed by atoms with Gasteiger partial charge in [0.25, 0.3) is 5.91 Å². The lowest BCUT2D eigenvalue weighted by Gasteiger charge is -2.38. The van der Waals surface area contributed by atoms with Gasteiger partial charge in [-0.15, -0.1) is 5.10 Å². The summed E-state index contributed by atoms with van der Waals surface area (Å²) in [6, 6.07) is 11.3. The molecule has 4 aromatic rings. The fraction of sp³-hybridized carbons (Fsp3) is 0.346. The van der Waals surface area contributed by atoms with Crippen LogP contribution in [-0.4, -0.2) is 68.6 Å². The van der Waals surface area contributed by atoms with Gasteiger partial charge in [-0.25, -0.2) is 4.68 Å². The van der Waals surface area contributed by atoms with Gasteiger partial charge in [0.1, 0.15) is 11.3 Å². The van der Waals surface area contributed by atoms with E-state index in [9.17, 15) is 9.59 Å². The predicted octanol–water partition coefficient (Wildman–Crippen LogP) is 3.03. The lowest BCUT2D eigenvalue weighted by Crippen LogP contribution is -2.46. The molecule has 2 aliphatic rings. The molecule has 2 amide bonds. The summed E-state index contributed by atoms with van der Waals surface area (Å²) in [5, 5.41) is 15.0. The van der Waals surface area contributed by atoms with Crippen molar-refractivity contribution in [2.45, 2.75) is 19.3 Å². The van der Waals surface area contributed by atoms with Crippen LogP contribution >= 0.6 is 0 Å². The average molecular weight is 486 g/mol. The predicted molar refractivity (Wildman–Crippen MR) is 134 cm³/mol. The number of H-pyrrole nitrogens is 1. The maximum atomic E-state index is 13.6. The van der Waals surface area contributed by atoms with Gasteiger partial charge in [0.15, 0.2) is 0 Å². The molecule has 2 saturated heterocycles. The van der Waals surface area contributed by atoms with E-state index in [1.54, 1.807) is 24.1 Å². The third kappa shape index (κ3) is 3.52. The van der Waals surface area contributed by atoms with E-state index in [1.165, 1.54) is 0 Å². The zero-order valence-corrected chi connectivity index (χ0v) is 20.3. The van der Waals surface area contributed by atoms with Crippen molar-refractivity contribution in [2.75, 3.05) is 31.6 Å². The second-order valence-corrected chi connectivity index (χ2v) is 9.57. The smallest absolute Gasteiger partial charge is 0.253 e. The van der Waals surface area contributed by atoms with Crippen LogP contribution < -0.4 is 9.64 Å². The lowest BCUT2D eigenvalue weighted by atomic mass is 9.77. The van der Waals surface area contributed by atoms with Crippen molar-refractivity contribution in [2.24, 2.45) is 12.5 Å². The number of methoxy groups -OCH3 is 1. The molecule has 0 unspecified atom stereocenters. The monoisotopic (exact) mass is 485 g/mol. The van der Waals surface area contributed by atoms with E-state index >= 15 is 0 Å². The summed E-state index contributed by atoms with van der Waals surface area (Å²) in [4.78, 5) is 30.5. The number of carbonyl (C=O) groups is 2. The van der Waals surface area contributed by atoms with E-state index in [2.05, 4.69) is 20.5 Å². The Bertz CT molecular complexity index is 1450. The zero-order chi connectivity index (χ0) is 24.9. The van der Waals surface area contributed by atoms with Gasteiger partial charge in [0.2, 0.25) is 5.91 Å². The number of hydrogen-bond acceptors (Lipinski definition) is 6. The number of ether oxygens (including phenoxy) is 1. The van der Waals surface area contributed by atoms with E-state index in [0.29, 0.717) is 49.3 Å². The highest BCUT2D eigenvalue weighted by molar-refractivity contribution is 6.01. The SMILES string of the molecule is COc1cc(N2CCC3(CCN(C(=O)c4ccc5c(c4)nnn5C)CC3)C2=O)ccc1-c1cn[nH]c1. The first kappa shape index (κ1) is 22.3. The second kappa shape index (κ2) is 8.47. The molecule has 10 nitrogen and oxygen atoms in total. The summed E-state index contributed by atoms with van der Waals surface area (Å²) in [5.74, 6) is 0.802. The molecule has 0 radical (unpaired) electrons. The van der Waals surface area contributed by atoms with Crippen LogP contribution in [0.4, 0.5) is 5.69 Å². The second-order valence-electron chi connectivity index (χ2n) is 9.57. The van der Waals surface area contributed by atoms with Gasteiger partial charge < -0.3 is 14.5 Å². The van der Waals surface area contributed by atoms with Crippen LogP contribution in [-0.2, 0) is 11.8 Å². The fourth-order valence-corrected chi connectivity index (χ4v) is 5.51. The Hall–Kier alpha value is -4.21. The van der Waals surface area contributed by atoms with Gasteiger partial charge in [-0.2, -0.15) is 5.10 Å². The summed E-state index contributed by atoms with van der Waals surface area (Å²) in [5.41, 5.74) is 4.44. The van der Waals surface area contributed by atoms with E-state index in [1.807, 2.05) is 53.4 Å². The minimum atomic E-state index is -0.428. The van der Waals surface area contributed by atoms with Gasteiger partial charge in [-0.05, 0) is 49.6 Å². The summed E-state index contributed by atoms with van der Waals surface area (Å²) in [6.45, 7) is 1.77. The molecule has 4 heterocycles. The van der Waals surface area contributed by atoms with Crippen LogP contribution in [0.25, 0.3) is 22.2 Å². The maximum absolute atomic E-state index is 13.6. The molecule has 10 heteroatoms.